The molecule has 2 atom stereocenters. The van der Waals surface area contributed by atoms with Gasteiger partial charge in [0.25, 0.3) is 11.5 Å². The summed E-state index contributed by atoms with van der Waals surface area (Å²) in [5.41, 5.74) is 9.48. The van der Waals surface area contributed by atoms with Crippen molar-refractivity contribution in [3.05, 3.63) is 167 Å². The minimum absolute atomic E-state index is 0.0164. The number of carboxylic acids is 1. The number of fused-ring (bicyclic) bond motifs is 1. The number of likely N-dealkylation sites (tertiary alicyclic amines) is 1. The van der Waals surface area contributed by atoms with E-state index in [1.807, 2.05) is 30.3 Å². The lowest BCUT2D eigenvalue weighted by Crippen LogP contribution is -2.56. The number of piperidine rings is 1. The molecular formula is C51H45Cl4N9O7. The van der Waals surface area contributed by atoms with Gasteiger partial charge in [-0.25, -0.2) is 14.8 Å². The number of anilines is 2. The number of hydrogen-bond acceptors (Lipinski definition) is 12. The van der Waals surface area contributed by atoms with Crippen LogP contribution in [0.25, 0.3) is 23.3 Å². The lowest BCUT2D eigenvalue weighted by atomic mass is 9.75. The van der Waals surface area contributed by atoms with Crippen molar-refractivity contribution in [2.75, 3.05) is 24.1 Å². The molecule has 20 heteroatoms. The summed E-state index contributed by atoms with van der Waals surface area (Å²) in [7, 11) is 0. The SMILES string of the molecule is Nc1nc2nc(CNc3ccc(C(=O)N[C@H](CCC(=O)C4CC(N[C@H](Cc5ccccc5)C(=O)N5C/C(=C\c6ccc(Cl)c(Cl)c6)C(=O)/C(=C/c6ccc(Cl)c(Cl)c6)C5)C4)C(=O)O)cc3)cnc2c(=O)[nH]1. The maximum absolute atomic E-state index is 14.7. The topological polar surface area (TPSA) is 242 Å². The second-order valence-corrected chi connectivity index (χ2v) is 18.9. The number of carboxylic acid groups (broad SMARTS) is 1. The molecule has 1 saturated carbocycles. The fourth-order valence-corrected chi connectivity index (χ4v) is 8.98. The van der Waals surface area contributed by atoms with Crippen LogP contribution in [0.5, 0.6) is 0 Å². The van der Waals surface area contributed by atoms with Gasteiger partial charge >= 0.3 is 5.97 Å². The average molecular weight is 1040 g/mol. The number of nitrogens with zero attached hydrogens (tertiary/aromatic N) is 4. The quantitative estimate of drug-likeness (QED) is 0.0483. The van der Waals surface area contributed by atoms with Gasteiger partial charge in [-0.2, -0.15) is 4.98 Å². The second-order valence-electron chi connectivity index (χ2n) is 17.3. The zero-order chi connectivity index (χ0) is 50.3. The molecule has 1 aliphatic carbocycles. The summed E-state index contributed by atoms with van der Waals surface area (Å²) in [4.78, 5) is 96.1. The molecule has 364 valence electrons. The number of aromatic nitrogens is 4. The molecule has 2 aliphatic rings. The highest BCUT2D eigenvalue weighted by molar-refractivity contribution is 6.42. The second kappa shape index (κ2) is 22.4. The first-order valence-corrected chi connectivity index (χ1v) is 23.9. The molecule has 0 spiro atoms. The molecule has 0 unspecified atom stereocenters. The van der Waals surface area contributed by atoms with Gasteiger partial charge in [0, 0.05) is 53.9 Å². The van der Waals surface area contributed by atoms with Crippen LogP contribution >= 0.6 is 46.4 Å². The Morgan fingerprint density at radius 3 is 2.06 bits per heavy atom. The molecule has 7 N–H and O–H groups in total. The lowest BCUT2D eigenvalue weighted by Gasteiger charge is -2.39. The number of halogens is 4. The third-order valence-electron chi connectivity index (χ3n) is 12.2. The largest absolute Gasteiger partial charge is 0.480 e. The number of aliphatic carboxylic acids is 1. The average Bonchev–Trinajstić information content (AvgIpc) is 3.33. The summed E-state index contributed by atoms with van der Waals surface area (Å²) in [5.74, 6) is -3.00. The molecule has 0 bridgehead atoms. The van der Waals surface area contributed by atoms with Crippen molar-refractivity contribution >= 4 is 111 Å². The molecule has 16 nitrogen and oxygen atoms in total. The van der Waals surface area contributed by atoms with Crippen LogP contribution in [0.15, 0.2) is 113 Å². The van der Waals surface area contributed by atoms with Crippen LogP contribution in [-0.4, -0.2) is 90.5 Å². The highest BCUT2D eigenvalue weighted by Gasteiger charge is 2.39. The molecule has 8 rings (SSSR count). The minimum Gasteiger partial charge on any atom is -0.480 e. The van der Waals surface area contributed by atoms with Crippen LogP contribution in [0, 0.1) is 5.92 Å². The molecule has 1 saturated heterocycles. The number of nitrogens with two attached hydrogens (primary N) is 1. The van der Waals surface area contributed by atoms with Gasteiger partial charge in [0.1, 0.15) is 11.8 Å². The highest BCUT2D eigenvalue weighted by Crippen LogP contribution is 2.32. The lowest BCUT2D eigenvalue weighted by molar-refractivity contribution is -0.139. The Hall–Kier alpha value is -6.95. The Labute approximate surface area is 426 Å². The Balaban J connectivity index is 0.884. The smallest absolute Gasteiger partial charge is 0.326 e. The van der Waals surface area contributed by atoms with Crippen molar-refractivity contribution in [2.45, 2.75) is 56.8 Å². The van der Waals surface area contributed by atoms with Gasteiger partial charge in [-0.3, -0.25) is 29.0 Å². The van der Waals surface area contributed by atoms with Crippen molar-refractivity contribution in [3.8, 4) is 0 Å². The maximum Gasteiger partial charge on any atom is 0.326 e. The standard InChI is InChI=1S/C51H45Cl4N9O7/c52-37-12-6-28(18-39(37)54)16-32-25-64(26-33(45(32)66)17-29-7-13-38(53)40(55)19-29)49(69)42(20-27-4-2-1-3-5-27)59-35-21-31(22-35)43(65)15-14-41(50(70)71)61-47(67)30-8-10-34(11-9-30)57-23-36-24-58-44-46(60-36)62-51(56)63-48(44)68/h1-13,16-19,24,31,35,41-42,57,59H,14-15,20-23,25-26H2,(H,61,67)(H,70,71)(H3,56,60,62,63,68)/b32-16+,33-17+/t31?,35?,41-,42-/m1/s1. The fourth-order valence-electron chi connectivity index (χ4n) is 8.37. The molecule has 4 aromatic carbocycles. The molecular weight excluding hydrogens is 992 g/mol. The van der Waals surface area contributed by atoms with Crippen molar-refractivity contribution in [2.24, 2.45) is 5.92 Å². The number of amides is 2. The van der Waals surface area contributed by atoms with E-state index in [-0.39, 0.29) is 84.6 Å². The fraction of sp³-hybridized carbons (Fsp3) is 0.235. The number of hydrogen-bond donors (Lipinski definition) is 6. The first-order valence-electron chi connectivity index (χ1n) is 22.4. The Bertz CT molecular complexity index is 3090. The predicted octanol–water partition coefficient (Wildman–Crippen LogP) is 7.61. The number of Topliss-reactive ketones (excluding diaryl/α,β-unsaturated/α-hetero) is 2. The van der Waals surface area contributed by atoms with Crippen LogP contribution in [0.1, 0.15) is 58.4 Å². The zero-order valence-electron chi connectivity index (χ0n) is 37.6. The third kappa shape index (κ3) is 12.7. The summed E-state index contributed by atoms with van der Waals surface area (Å²) >= 11 is 25.0. The Kier molecular flexibility index (Phi) is 15.9. The molecule has 2 fully saturated rings. The monoisotopic (exact) mass is 1040 g/mol. The molecule has 1 aliphatic heterocycles. The van der Waals surface area contributed by atoms with Crippen LogP contribution in [-0.2, 0) is 32.1 Å². The molecule has 6 aromatic rings. The van der Waals surface area contributed by atoms with E-state index in [4.69, 9.17) is 52.1 Å². The van der Waals surface area contributed by atoms with Crippen molar-refractivity contribution in [1.82, 2.24) is 35.5 Å². The molecule has 0 radical (unpaired) electrons. The number of carbonyl (C=O) groups excluding carboxylic acids is 4. The van der Waals surface area contributed by atoms with Gasteiger partial charge in [0.15, 0.2) is 16.9 Å². The molecule has 3 heterocycles. The van der Waals surface area contributed by atoms with Gasteiger partial charge < -0.3 is 31.7 Å². The number of H-pyrrole nitrogens is 1. The van der Waals surface area contributed by atoms with E-state index in [1.165, 1.54) is 18.3 Å². The van der Waals surface area contributed by atoms with Crippen LogP contribution in [0.4, 0.5) is 11.6 Å². The predicted molar refractivity (Wildman–Crippen MR) is 273 cm³/mol. The Morgan fingerprint density at radius 1 is 0.817 bits per heavy atom. The first kappa shape index (κ1) is 50.4. The number of nitrogen functional groups attached to an aromatic ring is 1. The summed E-state index contributed by atoms with van der Waals surface area (Å²) < 4.78 is 0. The van der Waals surface area contributed by atoms with Crippen molar-refractivity contribution in [1.29, 1.82) is 0 Å². The molecule has 2 amide bonds. The third-order valence-corrected chi connectivity index (χ3v) is 13.7. The van der Waals surface area contributed by atoms with E-state index < -0.39 is 29.5 Å². The van der Waals surface area contributed by atoms with E-state index in [0.29, 0.717) is 73.0 Å². The van der Waals surface area contributed by atoms with Gasteiger partial charge in [-0.05, 0) is 103 Å². The number of nitrogens with one attached hydrogen (secondary N) is 4. The zero-order valence-corrected chi connectivity index (χ0v) is 40.7. The number of aromatic amines is 1. The summed E-state index contributed by atoms with van der Waals surface area (Å²) in [6.07, 6.45) is 5.79. The van der Waals surface area contributed by atoms with Crippen molar-refractivity contribution in [3.63, 3.8) is 0 Å². The van der Waals surface area contributed by atoms with Crippen LogP contribution in [0.2, 0.25) is 20.1 Å². The highest BCUT2D eigenvalue weighted by atomic mass is 35.5. The van der Waals surface area contributed by atoms with E-state index in [0.717, 1.165) is 5.56 Å². The van der Waals surface area contributed by atoms with Gasteiger partial charge in [0.2, 0.25) is 11.9 Å². The van der Waals surface area contributed by atoms with E-state index >= 15 is 0 Å². The number of rotatable bonds is 17. The number of benzene rings is 4. The number of ketones is 2. The van der Waals surface area contributed by atoms with E-state index in [2.05, 4.69) is 35.9 Å². The van der Waals surface area contributed by atoms with Gasteiger partial charge in [-0.1, -0.05) is 88.9 Å². The maximum atomic E-state index is 14.7. The normalized spacial score (nSPS) is 17.7. The number of carbonyl (C=O) groups is 5. The van der Waals surface area contributed by atoms with E-state index in [1.54, 1.807) is 65.6 Å². The molecule has 2 aromatic heterocycles. The first-order chi connectivity index (χ1) is 34.1. The summed E-state index contributed by atoms with van der Waals surface area (Å²) in [6.45, 7) is 0.248. The Morgan fingerprint density at radius 2 is 1.45 bits per heavy atom. The van der Waals surface area contributed by atoms with Crippen LogP contribution in [0.3, 0.4) is 0 Å². The van der Waals surface area contributed by atoms with Gasteiger partial charge in [-0.15, -0.1) is 0 Å². The summed E-state index contributed by atoms with van der Waals surface area (Å²) in [6, 6.07) is 23.6. The van der Waals surface area contributed by atoms with Crippen molar-refractivity contribution < 1.29 is 29.1 Å². The van der Waals surface area contributed by atoms with Gasteiger partial charge in [0.05, 0.1) is 44.6 Å². The molecule has 71 heavy (non-hydrogen) atoms. The minimum atomic E-state index is -1.32. The van der Waals surface area contributed by atoms with E-state index in [9.17, 15) is 33.9 Å². The van der Waals surface area contributed by atoms with Crippen LogP contribution < -0.4 is 27.2 Å². The summed E-state index contributed by atoms with van der Waals surface area (Å²) in [5, 5.41) is 20.5.